The van der Waals surface area contributed by atoms with E-state index in [1.807, 2.05) is 20.8 Å². The van der Waals surface area contributed by atoms with Crippen LogP contribution in [0.1, 0.15) is 47.5 Å². The van der Waals surface area contributed by atoms with E-state index in [9.17, 15) is 4.79 Å². The van der Waals surface area contributed by atoms with Crippen LogP contribution in [0.4, 0.5) is 4.79 Å². The van der Waals surface area contributed by atoms with Gasteiger partial charge in [-0.2, -0.15) is 0 Å². The molecule has 1 fully saturated rings. The molecular formula is C18H33N3O2. The summed E-state index contributed by atoms with van der Waals surface area (Å²) < 4.78 is 5.35. The number of likely N-dealkylation sites (tertiary alicyclic amines) is 1. The number of nitrogens with one attached hydrogen (secondary N) is 2. The molecule has 23 heavy (non-hydrogen) atoms. The summed E-state index contributed by atoms with van der Waals surface area (Å²) in [4.78, 5) is 14.3. The number of rotatable bonds is 6. The highest BCUT2D eigenvalue weighted by Crippen LogP contribution is 2.11. The Bertz CT molecular complexity index is 401. The zero-order valence-corrected chi connectivity index (χ0v) is 15.3. The molecule has 1 aliphatic heterocycles. The molecule has 1 saturated heterocycles. The maximum Gasteiger partial charge on any atom is 0.407 e. The lowest BCUT2D eigenvalue weighted by molar-refractivity contribution is 0.0488. The second kappa shape index (κ2) is 9.14. The Balaban J connectivity index is 2.37. The number of amides is 1. The largest absolute Gasteiger partial charge is 0.444 e. The van der Waals surface area contributed by atoms with Crippen LogP contribution in [0, 0.1) is 18.3 Å². The van der Waals surface area contributed by atoms with E-state index in [2.05, 4.69) is 35.3 Å². The zero-order valence-electron chi connectivity index (χ0n) is 15.3. The van der Waals surface area contributed by atoms with Gasteiger partial charge < -0.3 is 15.4 Å². The first-order valence-electron chi connectivity index (χ1n) is 8.60. The van der Waals surface area contributed by atoms with Gasteiger partial charge in [-0.25, -0.2) is 4.79 Å². The minimum atomic E-state index is -0.469. The molecule has 0 aromatic heterocycles. The first-order chi connectivity index (χ1) is 10.7. The fourth-order valence-corrected chi connectivity index (χ4v) is 2.63. The van der Waals surface area contributed by atoms with Crippen LogP contribution in [0.15, 0.2) is 0 Å². The molecule has 0 aromatic carbocycles. The van der Waals surface area contributed by atoms with E-state index in [1.54, 1.807) is 0 Å². The van der Waals surface area contributed by atoms with E-state index >= 15 is 0 Å². The van der Waals surface area contributed by atoms with Crippen LogP contribution < -0.4 is 10.6 Å². The smallest absolute Gasteiger partial charge is 0.407 e. The Morgan fingerprint density at radius 2 is 1.96 bits per heavy atom. The number of alkyl carbamates (subject to hydrolysis) is 1. The summed E-state index contributed by atoms with van der Waals surface area (Å²) >= 11 is 0. The molecule has 1 aliphatic rings. The third-order valence-corrected chi connectivity index (χ3v) is 4.04. The summed E-state index contributed by atoms with van der Waals surface area (Å²) in [6.07, 6.45) is 7.20. The molecule has 1 heterocycles. The highest BCUT2D eigenvalue weighted by Gasteiger charge is 2.23. The van der Waals surface area contributed by atoms with E-state index in [-0.39, 0.29) is 12.1 Å². The molecule has 0 aliphatic carbocycles. The van der Waals surface area contributed by atoms with Gasteiger partial charge in [0.1, 0.15) is 5.60 Å². The Labute approximate surface area is 141 Å². The minimum Gasteiger partial charge on any atom is -0.444 e. The first kappa shape index (κ1) is 19.8. The predicted octanol–water partition coefficient (Wildman–Crippen LogP) is 2.22. The molecule has 0 aromatic rings. The SMILES string of the molecule is C#CCN1CCC(NCC(NC(=O)OC(C)(C)C)C(C)C)CC1. The average molecular weight is 323 g/mol. The van der Waals surface area contributed by atoms with Crippen molar-refractivity contribution in [2.75, 3.05) is 26.2 Å². The van der Waals surface area contributed by atoms with Crippen LogP contribution in [0.3, 0.4) is 0 Å². The number of piperidine rings is 1. The molecule has 0 spiro atoms. The van der Waals surface area contributed by atoms with Gasteiger partial charge in [0.25, 0.3) is 0 Å². The van der Waals surface area contributed by atoms with Gasteiger partial charge >= 0.3 is 6.09 Å². The van der Waals surface area contributed by atoms with Crippen molar-refractivity contribution in [3.05, 3.63) is 0 Å². The van der Waals surface area contributed by atoms with Gasteiger partial charge in [0, 0.05) is 31.7 Å². The lowest BCUT2D eigenvalue weighted by Gasteiger charge is -2.33. The second-order valence-corrected chi connectivity index (χ2v) is 7.66. The van der Waals surface area contributed by atoms with Crippen molar-refractivity contribution in [3.8, 4) is 12.3 Å². The van der Waals surface area contributed by atoms with Gasteiger partial charge in [-0.05, 0) is 39.5 Å². The zero-order chi connectivity index (χ0) is 17.5. The Kier molecular flexibility index (Phi) is 7.87. The number of terminal acetylenes is 1. The molecular weight excluding hydrogens is 290 g/mol. The fraction of sp³-hybridized carbons (Fsp3) is 0.833. The molecule has 2 N–H and O–H groups in total. The van der Waals surface area contributed by atoms with E-state index in [1.165, 1.54) is 0 Å². The second-order valence-electron chi connectivity index (χ2n) is 7.66. The van der Waals surface area contributed by atoms with Gasteiger partial charge in [0.2, 0.25) is 0 Å². The molecule has 1 unspecified atom stereocenters. The average Bonchev–Trinajstić information content (AvgIpc) is 2.43. The van der Waals surface area contributed by atoms with E-state index in [4.69, 9.17) is 11.2 Å². The number of ether oxygens (including phenoxy) is 1. The molecule has 0 radical (unpaired) electrons. The molecule has 1 amide bonds. The van der Waals surface area contributed by atoms with Crippen LogP contribution in [-0.4, -0.2) is 54.9 Å². The minimum absolute atomic E-state index is 0.0635. The van der Waals surface area contributed by atoms with E-state index in [0.29, 0.717) is 12.0 Å². The third kappa shape index (κ3) is 8.24. The van der Waals surface area contributed by atoms with Gasteiger partial charge in [0.05, 0.1) is 6.54 Å². The number of nitrogens with zero attached hydrogens (tertiary/aromatic N) is 1. The topological polar surface area (TPSA) is 53.6 Å². The Morgan fingerprint density at radius 1 is 1.35 bits per heavy atom. The number of hydrogen-bond donors (Lipinski definition) is 2. The van der Waals surface area contributed by atoms with Gasteiger partial charge in [-0.3, -0.25) is 4.90 Å². The first-order valence-corrected chi connectivity index (χ1v) is 8.60. The maximum absolute atomic E-state index is 12.0. The van der Waals surface area contributed by atoms with Crippen molar-refractivity contribution < 1.29 is 9.53 Å². The molecule has 132 valence electrons. The van der Waals surface area contributed by atoms with Crippen molar-refractivity contribution in [3.63, 3.8) is 0 Å². The van der Waals surface area contributed by atoms with Crippen LogP contribution >= 0.6 is 0 Å². The monoisotopic (exact) mass is 323 g/mol. The van der Waals surface area contributed by atoms with Gasteiger partial charge in [-0.15, -0.1) is 6.42 Å². The van der Waals surface area contributed by atoms with Crippen molar-refractivity contribution in [2.24, 2.45) is 5.92 Å². The number of hydrogen-bond acceptors (Lipinski definition) is 4. The Hall–Kier alpha value is -1.25. The van der Waals surface area contributed by atoms with E-state index < -0.39 is 5.60 Å². The molecule has 5 heteroatoms. The van der Waals surface area contributed by atoms with E-state index in [0.717, 1.165) is 39.0 Å². The molecule has 0 saturated carbocycles. The summed E-state index contributed by atoms with van der Waals surface area (Å²) in [5.41, 5.74) is -0.469. The predicted molar refractivity (Wildman–Crippen MR) is 94.3 cm³/mol. The summed E-state index contributed by atoms with van der Waals surface area (Å²) in [6.45, 7) is 13.4. The maximum atomic E-state index is 12.0. The van der Waals surface area contributed by atoms with Crippen molar-refractivity contribution >= 4 is 6.09 Å². The third-order valence-electron chi connectivity index (χ3n) is 4.04. The normalized spacial score (nSPS) is 18.5. The summed E-state index contributed by atoms with van der Waals surface area (Å²) in [5, 5.41) is 6.57. The van der Waals surface area contributed by atoms with Crippen molar-refractivity contribution in [1.29, 1.82) is 0 Å². The number of carbonyl (C=O) groups is 1. The van der Waals surface area contributed by atoms with Crippen LogP contribution in [0.25, 0.3) is 0 Å². The van der Waals surface area contributed by atoms with Crippen molar-refractivity contribution in [2.45, 2.75) is 65.1 Å². The quantitative estimate of drug-likeness (QED) is 0.736. The molecule has 5 nitrogen and oxygen atoms in total. The summed E-state index contributed by atoms with van der Waals surface area (Å²) in [5.74, 6) is 3.05. The number of carbonyl (C=O) groups excluding carboxylic acids is 1. The van der Waals surface area contributed by atoms with Crippen molar-refractivity contribution in [1.82, 2.24) is 15.5 Å². The van der Waals surface area contributed by atoms with Crippen LogP contribution in [0.2, 0.25) is 0 Å². The standard InChI is InChI=1S/C18H33N3O2/c1-7-10-21-11-8-15(9-12-21)19-13-16(14(2)3)20-17(22)23-18(4,5)6/h1,14-16,19H,8-13H2,2-6H3,(H,20,22). The lowest BCUT2D eigenvalue weighted by atomic mass is 10.0. The van der Waals surface area contributed by atoms with Crippen LogP contribution in [-0.2, 0) is 4.74 Å². The summed E-state index contributed by atoms with van der Waals surface area (Å²) in [6, 6.07) is 0.555. The van der Waals surface area contributed by atoms with Gasteiger partial charge in [0.15, 0.2) is 0 Å². The van der Waals surface area contributed by atoms with Gasteiger partial charge in [-0.1, -0.05) is 19.8 Å². The molecule has 1 rings (SSSR count). The highest BCUT2D eigenvalue weighted by molar-refractivity contribution is 5.68. The lowest BCUT2D eigenvalue weighted by Crippen LogP contribution is -2.50. The van der Waals surface area contributed by atoms with Crippen LogP contribution in [0.5, 0.6) is 0 Å². The highest BCUT2D eigenvalue weighted by atomic mass is 16.6. The molecule has 0 bridgehead atoms. The summed E-state index contributed by atoms with van der Waals surface area (Å²) in [7, 11) is 0. The molecule has 1 atom stereocenters. The Morgan fingerprint density at radius 3 is 2.43 bits per heavy atom. The fourth-order valence-electron chi connectivity index (χ4n) is 2.63.